The highest BCUT2D eigenvalue weighted by molar-refractivity contribution is 5.77. The minimum atomic E-state index is -0.219. The standard InChI is InChI=1S/C13H20N6O/c1-13(2,3)18-10(20)4-5-15-11-12-16-6-7-19(12)8-9(14)17-11/h6-8H,4-5,14H2,1-3H3,(H,15,17)(H,18,20). The van der Waals surface area contributed by atoms with E-state index in [1.807, 2.05) is 20.8 Å². The molecule has 2 aromatic rings. The number of nitrogens with one attached hydrogen (secondary N) is 2. The van der Waals surface area contributed by atoms with Gasteiger partial charge in [0.2, 0.25) is 5.91 Å². The van der Waals surface area contributed by atoms with Gasteiger partial charge in [0.05, 0.1) is 6.20 Å². The number of fused-ring (bicyclic) bond motifs is 1. The molecule has 108 valence electrons. The summed E-state index contributed by atoms with van der Waals surface area (Å²) in [5.41, 5.74) is 6.19. The van der Waals surface area contributed by atoms with Crippen LogP contribution in [0.1, 0.15) is 27.2 Å². The highest BCUT2D eigenvalue weighted by atomic mass is 16.1. The molecule has 0 aliphatic rings. The second kappa shape index (κ2) is 5.36. The van der Waals surface area contributed by atoms with Crippen LogP contribution in [0.15, 0.2) is 18.6 Å². The number of carbonyl (C=O) groups is 1. The third-order valence-electron chi connectivity index (χ3n) is 2.55. The van der Waals surface area contributed by atoms with E-state index in [0.29, 0.717) is 30.2 Å². The largest absolute Gasteiger partial charge is 0.382 e. The van der Waals surface area contributed by atoms with Gasteiger partial charge >= 0.3 is 0 Å². The van der Waals surface area contributed by atoms with E-state index in [0.717, 1.165) is 0 Å². The maximum absolute atomic E-state index is 11.7. The first-order chi connectivity index (χ1) is 9.35. The first-order valence-electron chi connectivity index (χ1n) is 6.49. The molecule has 0 spiro atoms. The number of nitrogens with zero attached hydrogens (tertiary/aromatic N) is 3. The van der Waals surface area contributed by atoms with E-state index in [1.54, 1.807) is 23.0 Å². The van der Waals surface area contributed by atoms with Gasteiger partial charge in [-0.25, -0.2) is 9.97 Å². The summed E-state index contributed by atoms with van der Waals surface area (Å²) < 4.78 is 1.79. The highest BCUT2D eigenvalue weighted by Crippen LogP contribution is 2.14. The smallest absolute Gasteiger partial charge is 0.222 e. The first kappa shape index (κ1) is 14.1. The molecule has 2 aromatic heterocycles. The van der Waals surface area contributed by atoms with E-state index >= 15 is 0 Å². The summed E-state index contributed by atoms with van der Waals surface area (Å²) in [4.78, 5) is 20.1. The average molecular weight is 276 g/mol. The second-order valence-electron chi connectivity index (χ2n) is 5.65. The number of aromatic nitrogens is 3. The summed E-state index contributed by atoms with van der Waals surface area (Å²) in [6.07, 6.45) is 5.53. The van der Waals surface area contributed by atoms with E-state index in [1.165, 1.54) is 0 Å². The Balaban J connectivity index is 1.96. The Morgan fingerprint density at radius 3 is 2.90 bits per heavy atom. The molecule has 7 heteroatoms. The lowest BCUT2D eigenvalue weighted by Crippen LogP contribution is -2.41. The van der Waals surface area contributed by atoms with Crippen molar-refractivity contribution in [3.05, 3.63) is 18.6 Å². The number of amides is 1. The van der Waals surface area contributed by atoms with Crippen molar-refractivity contribution in [2.24, 2.45) is 0 Å². The van der Waals surface area contributed by atoms with Crippen LogP contribution < -0.4 is 16.4 Å². The zero-order chi connectivity index (χ0) is 14.8. The molecular weight excluding hydrogens is 256 g/mol. The number of hydrogen-bond donors (Lipinski definition) is 3. The zero-order valence-corrected chi connectivity index (χ0v) is 12.0. The van der Waals surface area contributed by atoms with Gasteiger partial charge in [0.1, 0.15) is 5.82 Å². The molecule has 0 atom stereocenters. The Hall–Kier alpha value is -2.31. The Bertz CT molecular complexity index is 613. The number of anilines is 2. The average Bonchev–Trinajstić information content (AvgIpc) is 2.74. The van der Waals surface area contributed by atoms with Gasteiger partial charge < -0.3 is 20.8 Å². The quantitative estimate of drug-likeness (QED) is 0.775. The van der Waals surface area contributed by atoms with E-state index in [9.17, 15) is 4.79 Å². The zero-order valence-electron chi connectivity index (χ0n) is 12.0. The molecule has 7 nitrogen and oxygen atoms in total. The minimum Gasteiger partial charge on any atom is -0.382 e. The Labute approximate surface area is 117 Å². The predicted octanol–water partition coefficient (Wildman–Crippen LogP) is 1.03. The molecule has 0 unspecified atom stereocenters. The lowest BCUT2D eigenvalue weighted by molar-refractivity contribution is -0.122. The van der Waals surface area contributed by atoms with Crippen molar-refractivity contribution in [3.8, 4) is 0 Å². The van der Waals surface area contributed by atoms with E-state index in [-0.39, 0.29) is 11.4 Å². The van der Waals surface area contributed by atoms with Crippen LogP contribution in [0.25, 0.3) is 5.65 Å². The fraction of sp³-hybridized carbons (Fsp3) is 0.462. The topological polar surface area (TPSA) is 97.3 Å². The lowest BCUT2D eigenvalue weighted by atomic mass is 10.1. The molecule has 0 aliphatic carbocycles. The van der Waals surface area contributed by atoms with Crippen LogP contribution in [0, 0.1) is 0 Å². The Kier molecular flexibility index (Phi) is 3.78. The molecule has 0 saturated heterocycles. The molecule has 4 N–H and O–H groups in total. The van der Waals surface area contributed by atoms with Crippen molar-refractivity contribution in [1.82, 2.24) is 19.7 Å². The van der Waals surface area contributed by atoms with Crippen molar-refractivity contribution >= 4 is 23.2 Å². The molecule has 0 aliphatic heterocycles. The van der Waals surface area contributed by atoms with Crippen LogP contribution in [0.3, 0.4) is 0 Å². The normalized spacial score (nSPS) is 11.6. The van der Waals surface area contributed by atoms with Gasteiger partial charge in [0.15, 0.2) is 11.5 Å². The van der Waals surface area contributed by atoms with Crippen LogP contribution in [-0.2, 0) is 4.79 Å². The summed E-state index contributed by atoms with van der Waals surface area (Å²) in [5, 5.41) is 6.00. The maximum Gasteiger partial charge on any atom is 0.222 e. The summed E-state index contributed by atoms with van der Waals surface area (Å²) in [6.45, 7) is 6.32. The van der Waals surface area contributed by atoms with Gasteiger partial charge in [0, 0.05) is 30.9 Å². The molecular formula is C13H20N6O. The van der Waals surface area contributed by atoms with Crippen molar-refractivity contribution < 1.29 is 4.79 Å². The number of carbonyl (C=O) groups excluding carboxylic acids is 1. The summed E-state index contributed by atoms with van der Waals surface area (Å²) in [5.74, 6) is 0.976. The van der Waals surface area contributed by atoms with Gasteiger partial charge in [-0.05, 0) is 20.8 Å². The SMILES string of the molecule is CC(C)(C)NC(=O)CCNc1nc(N)cn2ccnc12. The molecule has 0 aromatic carbocycles. The Morgan fingerprint density at radius 2 is 2.20 bits per heavy atom. The van der Waals surface area contributed by atoms with Crippen LogP contribution in [-0.4, -0.2) is 32.4 Å². The molecule has 0 radical (unpaired) electrons. The molecule has 1 amide bonds. The predicted molar refractivity (Wildman–Crippen MR) is 78.4 cm³/mol. The molecule has 2 rings (SSSR count). The minimum absolute atomic E-state index is 0.00624. The molecule has 0 fully saturated rings. The third kappa shape index (κ3) is 3.59. The van der Waals surface area contributed by atoms with Crippen molar-refractivity contribution in [2.75, 3.05) is 17.6 Å². The van der Waals surface area contributed by atoms with Crippen LogP contribution >= 0.6 is 0 Å². The highest BCUT2D eigenvalue weighted by Gasteiger charge is 2.13. The van der Waals surface area contributed by atoms with Crippen molar-refractivity contribution in [1.29, 1.82) is 0 Å². The number of imidazole rings is 1. The van der Waals surface area contributed by atoms with Crippen LogP contribution in [0.2, 0.25) is 0 Å². The van der Waals surface area contributed by atoms with Gasteiger partial charge in [-0.3, -0.25) is 4.79 Å². The van der Waals surface area contributed by atoms with Gasteiger partial charge in [-0.2, -0.15) is 0 Å². The summed E-state index contributed by atoms with van der Waals surface area (Å²) in [7, 11) is 0. The third-order valence-corrected chi connectivity index (χ3v) is 2.55. The van der Waals surface area contributed by atoms with Gasteiger partial charge in [-0.1, -0.05) is 0 Å². The van der Waals surface area contributed by atoms with E-state index < -0.39 is 0 Å². The summed E-state index contributed by atoms with van der Waals surface area (Å²) >= 11 is 0. The summed E-state index contributed by atoms with van der Waals surface area (Å²) in [6, 6.07) is 0. The van der Waals surface area contributed by atoms with Gasteiger partial charge in [-0.15, -0.1) is 0 Å². The second-order valence-corrected chi connectivity index (χ2v) is 5.65. The van der Waals surface area contributed by atoms with Gasteiger partial charge in [0.25, 0.3) is 0 Å². The van der Waals surface area contributed by atoms with Crippen molar-refractivity contribution in [2.45, 2.75) is 32.7 Å². The first-order valence-corrected chi connectivity index (χ1v) is 6.49. The molecule has 0 bridgehead atoms. The van der Waals surface area contributed by atoms with Crippen LogP contribution in [0.4, 0.5) is 11.6 Å². The molecule has 0 saturated carbocycles. The molecule has 2 heterocycles. The fourth-order valence-electron chi connectivity index (χ4n) is 1.84. The Morgan fingerprint density at radius 1 is 1.45 bits per heavy atom. The number of nitrogen functional groups attached to an aromatic ring is 1. The van der Waals surface area contributed by atoms with Crippen molar-refractivity contribution in [3.63, 3.8) is 0 Å². The van der Waals surface area contributed by atoms with Crippen LogP contribution in [0.5, 0.6) is 0 Å². The van der Waals surface area contributed by atoms with E-state index in [4.69, 9.17) is 5.73 Å². The molecule has 20 heavy (non-hydrogen) atoms. The fourth-order valence-corrected chi connectivity index (χ4v) is 1.84. The maximum atomic E-state index is 11.7. The monoisotopic (exact) mass is 276 g/mol. The lowest BCUT2D eigenvalue weighted by Gasteiger charge is -2.20. The number of rotatable bonds is 4. The number of hydrogen-bond acceptors (Lipinski definition) is 5. The number of nitrogens with two attached hydrogens (primary N) is 1. The van der Waals surface area contributed by atoms with E-state index in [2.05, 4.69) is 20.6 Å².